The second-order valence-corrected chi connectivity index (χ2v) is 4.30. The van der Waals surface area contributed by atoms with Crippen LogP contribution in [0, 0.1) is 5.92 Å². The van der Waals surface area contributed by atoms with Crippen LogP contribution in [0.15, 0.2) is 4.99 Å². The maximum absolute atomic E-state index is 5.89. The Morgan fingerprint density at radius 3 is 2.77 bits per heavy atom. The number of rotatable bonds is 3. The van der Waals surface area contributed by atoms with E-state index in [0.717, 1.165) is 26.0 Å². The Hall–Kier alpha value is -0.570. The van der Waals surface area contributed by atoms with Crippen molar-refractivity contribution in [2.75, 3.05) is 13.2 Å². The van der Waals surface area contributed by atoms with E-state index >= 15 is 0 Å². The van der Waals surface area contributed by atoms with E-state index in [-0.39, 0.29) is 5.60 Å². The standard InChI is InChI=1S/C10H20N2O/c1-8(2)7-12-9(11)10(3)5-4-6-13-10/h8H,4-7H2,1-3H3,(H2,11,12). The molecule has 0 aromatic heterocycles. The minimum absolute atomic E-state index is 0.283. The Morgan fingerprint density at radius 1 is 1.62 bits per heavy atom. The van der Waals surface area contributed by atoms with Crippen LogP contribution in [0.3, 0.4) is 0 Å². The van der Waals surface area contributed by atoms with E-state index in [1.165, 1.54) is 0 Å². The largest absolute Gasteiger partial charge is 0.385 e. The van der Waals surface area contributed by atoms with Crippen LogP contribution in [-0.4, -0.2) is 24.6 Å². The molecule has 0 aromatic rings. The monoisotopic (exact) mass is 184 g/mol. The van der Waals surface area contributed by atoms with Crippen LogP contribution >= 0.6 is 0 Å². The van der Waals surface area contributed by atoms with Gasteiger partial charge in [0.05, 0.1) is 0 Å². The highest BCUT2D eigenvalue weighted by molar-refractivity contribution is 5.88. The van der Waals surface area contributed by atoms with Crippen LogP contribution in [0.1, 0.15) is 33.6 Å². The molecule has 1 heterocycles. The van der Waals surface area contributed by atoms with Gasteiger partial charge >= 0.3 is 0 Å². The van der Waals surface area contributed by atoms with E-state index < -0.39 is 0 Å². The highest BCUT2D eigenvalue weighted by Crippen LogP contribution is 2.25. The van der Waals surface area contributed by atoms with E-state index in [0.29, 0.717) is 11.8 Å². The fourth-order valence-corrected chi connectivity index (χ4v) is 1.43. The molecule has 2 N–H and O–H groups in total. The number of hydrogen-bond donors (Lipinski definition) is 1. The van der Waals surface area contributed by atoms with Crippen molar-refractivity contribution in [1.29, 1.82) is 0 Å². The predicted molar refractivity (Wildman–Crippen MR) is 54.9 cm³/mol. The first-order valence-corrected chi connectivity index (χ1v) is 4.99. The Kier molecular flexibility index (Phi) is 3.31. The number of nitrogens with two attached hydrogens (primary N) is 1. The molecule has 0 aromatic carbocycles. The molecule has 76 valence electrons. The quantitative estimate of drug-likeness (QED) is 0.534. The van der Waals surface area contributed by atoms with Crippen LogP contribution < -0.4 is 5.73 Å². The lowest BCUT2D eigenvalue weighted by Crippen LogP contribution is -2.40. The summed E-state index contributed by atoms with van der Waals surface area (Å²) in [5, 5.41) is 0. The minimum atomic E-state index is -0.283. The molecule has 0 aliphatic carbocycles. The average Bonchev–Trinajstić information content (AvgIpc) is 2.49. The molecule has 3 nitrogen and oxygen atoms in total. The summed E-state index contributed by atoms with van der Waals surface area (Å²) in [7, 11) is 0. The van der Waals surface area contributed by atoms with Crippen molar-refractivity contribution in [1.82, 2.24) is 0 Å². The number of amidine groups is 1. The van der Waals surface area contributed by atoms with Gasteiger partial charge in [-0.05, 0) is 25.7 Å². The zero-order valence-corrected chi connectivity index (χ0v) is 8.84. The van der Waals surface area contributed by atoms with Crippen molar-refractivity contribution in [3.8, 4) is 0 Å². The third kappa shape index (κ3) is 2.69. The van der Waals surface area contributed by atoms with Gasteiger partial charge in [-0.1, -0.05) is 13.8 Å². The van der Waals surface area contributed by atoms with Crippen molar-refractivity contribution in [3.63, 3.8) is 0 Å². The highest BCUT2D eigenvalue weighted by Gasteiger charge is 2.33. The zero-order chi connectivity index (χ0) is 9.90. The summed E-state index contributed by atoms with van der Waals surface area (Å²) >= 11 is 0. The van der Waals surface area contributed by atoms with Crippen LogP contribution in [0.25, 0.3) is 0 Å². The van der Waals surface area contributed by atoms with E-state index in [9.17, 15) is 0 Å². The second-order valence-electron chi connectivity index (χ2n) is 4.30. The average molecular weight is 184 g/mol. The molecule has 1 rings (SSSR count). The number of ether oxygens (including phenoxy) is 1. The van der Waals surface area contributed by atoms with E-state index in [4.69, 9.17) is 10.5 Å². The van der Waals surface area contributed by atoms with Gasteiger partial charge in [0, 0.05) is 13.2 Å². The second kappa shape index (κ2) is 4.09. The lowest BCUT2D eigenvalue weighted by atomic mass is 10.0. The van der Waals surface area contributed by atoms with Crippen molar-refractivity contribution in [2.45, 2.75) is 39.2 Å². The predicted octanol–water partition coefficient (Wildman–Crippen LogP) is 1.57. The van der Waals surface area contributed by atoms with Crippen LogP contribution in [-0.2, 0) is 4.74 Å². The minimum Gasteiger partial charge on any atom is -0.385 e. The molecule has 3 heteroatoms. The first kappa shape index (κ1) is 10.5. The SMILES string of the molecule is CC(C)CN=C(N)C1(C)CCCO1. The fraction of sp³-hybridized carbons (Fsp3) is 0.900. The number of hydrogen-bond acceptors (Lipinski definition) is 2. The molecule has 1 aliphatic rings. The third-order valence-electron chi connectivity index (χ3n) is 2.39. The molecule has 1 saturated heterocycles. The van der Waals surface area contributed by atoms with E-state index in [2.05, 4.69) is 18.8 Å². The molecule has 1 unspecified atom stereocenters. The van der Waals surface area contributed by atoms with Crippen molar-refractivity contribution in [3.05, 3.63) is 0 Å². The Labute approximate surface area is 80.4 Å². The number of nitrogens with zero attached hydrogens (tertiary/aromatic N) is 1. The molecule has 0 bridgehead atoms. The van der Waals surface area contributed by atoms with Gasteiger partial charge in [-0.25, -0.2) is 0 Å². The summed E-state index contributed by atoms with van der Waals surface area (Å²) in [5.74, 6) is 1.22. The summed E-state index contributed by atoms with van der Waals surface area (Å²) in [5.41, 5.74) is 5.60. The van der Waals surface area contributed by atoms with Crippen LogP contribution in [0.2, 0.25) is 0 Å². The van der Waals surface area contributed by atoms with Gasteiger partial charge in [-0.15, -0.1) is 0 Å². The summed E-state index contributed by atoms with van der Waals surface area (Å²) in [6.45, 7) is 7.90. The third-order valence-corrected chi connectivity index (χ3v) is 2.39. The smallest absolute Gasteiger partial charge is 0.126 e. The summed E-state index contributed by atoms with van der Waals surface area (Å²) in [6.07, 6.45) is 2.09. The van der Waals surface area contributed by atoms with Gasteiger partial charge in [0.2, 0.25) is 0 Å². The Bertz CT molecular complexity index is 193. The molecular weight excluding hydrogens is 164 g/mol. The van der Waals surface area contributed by atoms with Gasteiger partial charge in [0.1, 0.15) is 11.4 Å². The normalized spacial score (nSPS) is 30.0. The summed E-state index contributed by atoms with van der Waals surface area (Å²) < 4.78 is 5.58. The van der Waals surface area contributed by atoms with Gasteiger partial charge in [-0.3, -0.25) is 4.99 Å². The van der Waals surface area contributed by atoms with E-state index in [1.807, 2.05) is 6.92 Å². The maximum Gasteiger partial charge on any atom is 0.126 e. The van der Waals surface area contributed by atoms with Crippen molar-refractivity contribution >= 4 is 5.84 Å². The van der Waals surface area contributed by atoms with Gasteiger partial charge < -0.3 is 10.5 Å². The molecular formula is C10H20N2O. The van der Waals surface area contributed by atoms with Gasteiger partial charge in [0.15, 0.2) is 0 Å². The van der Waals surface area contributed by atoms with Crippen molar-refractivity contribution in [2.24, 2.45) is 16.6 Å². The van der Waals surface area contributed by atoms with Crippen LogP contribution in [0.4, 0.5) is 0 Å². The first-order valence-electron chi connectivity index (χ1n) is 4.99. The van der Waals surface area contributed by atoms with Crippen molar-refractivity contribution < 1.29 is 4.74 Å². The Balaban J connectivity index is 2.54. The zero-order valence-electron chi connectivity index (χ0n) is 8.84. The maximum atomic E-state index is 5.89. The first-order chi connectivity index (χ1) is 6.04. The van der Waals surface area contributed by atoms with Gasteiger partial charge in [0.25, 0.3) is 0 Å². The van der Waals surface area contributed by atoms with E-state index in [1.54, 1.807) is 0 Å². The lowest BCUT2D eigenvalue weighted by Gasteiger charge is -2.22. The number of aliphatic imine (C=N–C) groups is 1. The molecule has 13 heavy (non-hydrogen) atoms. The molecule has 1 atom stereocenters. The molecule has 1 fully saturated rings. The molecule has 0 saturated carbocycles. The molecule has 1 aliphatic heterocycles. The Morgan fingerprint density at radius 2 is 2.31 bits per heavy atom. The summed E-state index contributed by atoms with van der Waals surface area (Å²) in [4.78, 5) is 4.35. The topological polar surface area (TPSA) is 47.6 Å². The highest BCUT2D eigenvalue weighted by atomic mass is 16.5. The van der Waals surface area contributed by atoms with Crippen LogP contribution in [0.5, 0.6) is 0 Å². The molecule has 0 amide bonds. The lowest BCUT2D eigenvalue weighted by molar-refractivity contribution is 0.0764. The summed E-state index contributed by atoms with van der Waals surface area (Å²) in [6, 6.07) is 0. The molecule has 0 radical (unpaired) electrons. The fourth-order valence-electron chi connectivity index (χ4n) is 1.43. The molecule has 0 spiro atoms. The van der Waals surface area contributed by atoms with Gasteiger partial charge in [-0.2, -0.15) is 0 Å².